The van der Waals surface area contributed by atoms with Crippen LogP contribution in [0.5, 0.6) is 0 Å². The Hall–Kier alpha value is -0.640. The van der Waals surface area contributed by atoms with Crippen LogP contribution in [0.25, 0.3) is 0 Å². The van der Waals surface area contributed by atoms with Crippen molar-refractivity contribution in [2.24, 2.45) is 5.92 Å². The molecule has 0 amide bonds. The molecule has 0 N–H and O–H groups in total. The van der Waals surface area contributed by atoms with Crippen LogP contribution < -0.4 is 4.90 Å². The van der Waals surface area contributed by atoms with Crippen LogP contribution in [0.2, 0.25) is 0 Å². The lowest BCUT2D eigenvalue weighted by Gasteiger charge is -2.23. The van der Waals surface area contributed by atoms with E-state index in [-0.39, 0.29) is 0 Å². The summed E-state index contributed by atoms with van der Waals surface area (Å²) in [6, 6.07) is 2.07. The molecule has 98 valence electrons. The molecule has 0 atom stereocenters. The molecule has 3 nitrogen and oxygen atoms in total. The lowest BCUT2D eigenvalue weighted by molar-refractivity contribution is 0.693. The third-order valence-corrected chi connectivity index (χ3v) is 4.04. The maximum Gasteiger partial charge on any atom is 0.135 e. The third-order valence-electron chi connectivity index (χ3n) is 3.63. The Bertz CT molecular complexity index is 427. The van der Waals surface area contributed by atoms with Crippen molar-refractivity contribution in [3.05, 3.63) is 16.5 Å². The standard InChI is InChI=1S/C14H20BrN3/c1-2-7-18(9-10-3-4-10)13-8-12(15)16-14(17-13)11-5-6-11/h8,10-11H,2-7,9H2,1H3. The summed E-state index contributed by atoms with van der Waals surface area (Å²) in [4.78, 5) is 11.7. The van der Waals surface area contributed by atoms with E-state index in [0.29, 0.717) is 5.92 Å². The molecule has 0 saturated heterocycles. The molecule has 2 saturated carbocycles. The van der Waals surface area contributed by atoms with Gasteiger partial charge in [0.2, 0.25) is 0 Å². The fraction of sp³-hybridized carbons (Fsp3) is 0.714. The van der Waals surface area contributed by atoms with E-state index in [1.807, 2.05) is 0 Å². The van der Waals surface area contributed by atoms with E-state index >= 15 is 0 Å². The van der Waals surface area contributed by atoms with Gasteiger partial charge in [-0.25, -0.2) is 9.97 Å². The number of hydrogen-bond donors (Lipinski definition) is 0. The molecule has 4 heteroatoms. The van der Waals surface area contributed by atoms with E-state index in [0.717, 1.165) is 28.7 Å². The van der Waals surface area contributed by atoms with Crippen molar-refractivity contribution in [3.8, 4) is 0 Å². The maximum absolute atomic E-state index is 4.78. The molecular weight excluding hydrogens is 290 g/mol. The summed E-state index contributed by atoms with van der Waals surface area (Å²) in [5, 5.41) is 0. The molecule has 3 rings (SSSR count). The van der Waals surface area contributed by atoms with Crippen LogP contribution in [0, 0.1) is 5.92 Å². The minimum atomic E-state index is 0.616. The largest absolute Gasteiger partial charge is 0.356 e. The van der Waals surface area contributed by atoms with Gasteiger partial charge < -0.3 is 4.90 Å². The average Bonchev–Trinajstić information content (AvgIpc) is 3.21. The van der Waals surface area contributed by atoms with Crippen LogP contribution in [0.15, 0.2) is 10.7 Å². The molecule has 0 spiro atoms. The second-order valence-corrected chi connectivity index (χ2v) is 6.38. The second kappa shape index (κ2) is 5.16. The topological polar surface area (TPSA) is 29.0 Å². The molecule has 2 aliphatic rings. The maximum atomic E-state index is 4.78. The SMILES string of the molecule is CCCN(CC1CC1)c1cc(Br)nc(C2CC2)n1. The van der Waals surface area contributed by atoms with Gasteiger partial charge in [0, 0.05) is 25.1 Å². The Kier molecular flexibility index (Phi) is 3.55. The van der Waals surface area contributed by atoms with Gasteiger partial charge in [-0.2, -0.15) is 0 Å². The van der Waals surface area contributed by atoms with Gasteiger partial charge in [0.25, 0.3) is 0 Å². The molecule has 0 bridgehead atoms. The Balaban J connectivity index is 1.81. The highest BCUT2D eigenvalue weighted by molar-refractivity contribution is 9.10. The molecule has 1 heterocycles. The molecule has 2 fully saturated rings. The van der Waals surface area contributed by atoms with Crippen LogP contribution in [0.3, 0.4) is 0 Å². The van der Waals surface area contributed by atoms with Crippen molar-refractivity contribution in [1.82, 2.24) is 9.97 Å². The molecule has 1 aromatic rings. The predicted molar refractivity (Wildman–Crippen MR) is 76.9 cm³/mol. The summed E-state index contributed by atoms with van der Waals surface area (Å²) in [6.07, 6.45) is 6.47. The van der Waals surface area contributed by atoms with Crippen LogP contribution in [0.4, 0.5) is 5.82 Å². The number of rotatable bonds is 6. The minimum absolute atomic E-state index is 0.616. The van der Waals surface area contributed by atoms with Crippen molar-refractivity contribution < 1.29 is 0 Å². The summed E-state index contributed by atoms with van der Waals surface area (Å²) >= 11 is 3.53. The van der Waals surface area contributed by atoms with Crippen molar-refractivity contribution in [2.45, 2.75) is 44.9 Å². The second-order valence-electron chi connectivity index (χ2n) is 5.57. The van der Waals surface area contributed by atoms with E-state index in [4.69, 9.17) is 4.98 Å². The van der Waals surface area contributed by atoms with E-state index in [1.165, 1.54) is 38.6 Å². The predicted octanol–water partition coefficient (Wildman–Crippen LogP) is 3.74. The van der Waals surface area contributed by atoms with E-state index in [1.54, 1.807) is 0 Å². The fourth-order valence-corrected chi connectivity index (χ4v) is 2.68. The van der Waals surface area contributed by atoms with Gasteiger partial charge in [-0.3, -0.25) is 0 Å². The van der Waals surface area contributed by atoms with E-state index in [9.17, 15) is 0 Å². The molecule has 18 heavy (non-hydrogen) atoms. The minimum Gasteiger partial charge on any atom is -0.356 e. The number of hydrogen-bond acceptors (Lipinski definition) is 3. The Morgan fingerprint density at radius 3 is 2.67 bits per heavy atom. The zero-order valence-corrected chi connectivity index (χ0v) is 12.5. The Morgan fingerprint density at radius 1 is 1.28 bits per heavy atom. The first-order valence-electron chi connectivity index (χ1n) is 7.05. The number of nitrogens with zero attached hydrogens (tertiary/aromatic N) is 3. The Labute approximate surface area is 117 Å². The number of halogens is 1. The normalized spacial score (nSPS) is 19.0. The lowest BCUT2D eigenvalue weighted by Crippen LogP contribution is -2.27. The van der Waals surface area contributed by atoms with Crippen LogP contribution in [0.1, 0.15) is 50.8 Å². The molecule has 0 aliphatic heterocycles. The van der Waals surface area contributed by atoms with Crippen molar-refractivity contribution >= 4 is 21.7 Å². The summed E-state index contributed by atoms with van der Waals surface area (Å²) in [5.74, 6) is 3.67. The summed E-state index contributed by atoms with van der Waals surface area (Å²) < 4.78 is 0.936. The molecule has 1 aromatic heterocycles. The van der Waals surface area contributed by atoms with Crippen LogP contribution in [-0.2, 0) is 0 Å². The first-order valence-corrected chi connectivity index (χ1v) is 7.85. The van der Waals surface area contributed by atoms with E-state index in [2.05, 4.69) is 38.8 Å². The van der Waals surface area contributed by atoms with E-state index < -0.39 is 0 Å². The molecule has 2 aliphatic carbocycles. The fourth-order valence-electron chi connectivity index (χ4n) is 2.29. The van der Waals surface area contributed by atoms with Gasteiger partial charge in [0.05, 0.1) is 0 Å². The number of anilines is 1. The zero-order valence-electron chi connectivity index (χ0n) is 10.9. The van der Waals surface area contributed by atoms with Crippen LogP contribution >= 0.6 is 15.9 Å². The average molecular weight is 310 g/mol. The molecule has 0 radical (unpaired) electrons. The quantitative estimate of drug-likeness (QED) is 0.750. The van der Waals surface area contributed by atoms with Crippen LogP contribution in [-0.4, -0.2) is 23.1 Å². The first kappa shape index (κ1) is 12.4. The van der Waals surface area contributed by atoms with Gasteiger partial charge in [-0.05, 0) is 54.0 Å². The van der Waals surface area contributed by atoms with Crippen molar-refractivity contribution in [3.63, 3.8) is 0 Å². The zero-order chi connectivity index (χ0) is 12.5. The highest BCUT2D eigenvalue weighted by Gasteiger charge is 2.29. The molecular formula is C14H20BrN3. The first-order chi connectivity index (χ1) is 8.76. The highest BCUT2D eigenvalue weighted by Crippen LogP contribution is 2.39. The van der Waals surface area contributed by atoms with Gasteiger partial charge in [-0.1, -0.05) is 6.92 Å². The monoisotopic (exact) mass is 309 g/mol. The smallest absolute Gasteiger partial charge is 0.135 e. The van der Waals surface area contributed by atoms with Gasteiger partial charge in [0.15, 0.2) is 0 Å². The number of aromatic nitrogens is 2. The van der Waals surface area contributed by atoms with Gasteiger partial charge >= 0.3 is 0 Å². The van der Waals surface area contributed by atoms with Gasteiger partial charge in [0.1, 0.15) is 16.2 Å². The van der Waals surface area contributed by atoms with Crippen molar-refractivity contribution in [1.29, 1.82) is 0 Å². The summed E-state index contributed by atoms with van der Waals surface area (Å²) in [6.45, 7) is 4.50. The van der Waals surface area contributed by atoms with Crippen molar-refractivity contribution in [2.75, 3.05) is 18.0 Å². The Morgan fingerprint density at radius 2 is 2.06 bits per heavy atom. The summed E-state index contributed by atoms with van der Waals surface area (Å²) in [7, 11) is 0. The molecule has 0 unspecified atom stereocenters. The molecule has 0 aromatic carbocycles. The lowest BCUT2D eigenvalue weighted by atomic mass is 10.3. The van der Waals surface area contributed by atoms with Gasteiger partial charge in [-0.15, -0.1) is 0 Å². The summed E-state index contributed by atoms with van der Waals surface area (Å²) in [5.41, 5.74) is 0. The highest BCUT2D eigenvalue weighted by atomic mass is 79.9. The third kappa shape index (κ3) is 3.02.